The van der Waals surface area contributed by atoms with E-state index >= 15 is 0 Å². The zero-order chi connectivity index (χ0) is 16.9. The van der Waals surface area contributed by atoms with E-state index < -0.39 is 5.72 Å². The molecule has 0 saturated carbocycles. The molecule has 2 aliphatic rings. The van der Waals surface area contributed by atoms with Gasteiger partial charge in [-0.15, -0.1) is 0 Å². The van der Waals surface area contributed by atoms with E-state index in [1.165, 1.54) is 0 Å². The molecule has 1 saturated heterocycles. The summed E-state index contributed by atoms with van der Waals surface area (Å²) in [4.78, 5) is 2.02. The van der Waals surface area contributed by atoms with Crippen LogP contribution in [0.4, 0.5) is 5.69 Å². The van der Waals surface area contributed by atoms with Crippen LogP contribution in [0.1, 0.15) is 24.9 Å². The molecular weight excluding hydrogens is 388 g/mol. The van der Waals surface area contributed by atoms with E-state index in [1.807, 2.05) is 41.3 Å². The van der Waals surface area contributed by atoms with Gasteiger partial charge in [-0.1, -0.05) is 28.1 Å². The molecule has 1 N–H and O–H groups in total. The molecule has 0 unspecified atom stereocenters. The van der Waals surface area contributed by atoms with E-state index in [1.54, 1.807) is 7.11 Å². The molecule has 2 atom stereocenters. The van der Waals surface area contributed by atoms with Gasteiger partial charge < -0.3 is 14.8 Å². The predicted molar refractivity (Wildman–Crippen MR) is 102 cm³/mol. The number of ether oxygens (including phenoxy) is 2. The highest BCUT2D eigenvalue weighted by Crippen LogP contribution is 2.47. The van der Waals surface area contributed by atoms with Gasteiger partial charge in [0, 0.05) is 16.5 Å². The van der Waals surface area contributed by atoms with Crippen LogP contribution in [0.2, 0.25) is 0 Å². The standard InChI is InChI=1S/C18H17BrN2O2S/c1-18-10-13(12-9-11(19)7-8-15(12)23-18)20-17(24)21(18)14-5-3-4-6-16(14)22-2/h3-9,13H,10H2,1-2H3,(H,20,24)/t13-,18+/m0/s1. The van der Waals surface area contributed by atoms with E-state index in [2.05, 4.69) is 34.2 Å². The lowest BCUT2D eigenvalue weighted by Gasteiger charge is -2.52. The number of thiocarbonyl (C=S) groups is 1. The van der Waals surface area contributed by atoms with Gasteiger partial charge in [0.2, 0.25) is 0 Å². The van der Waals surface area contributed by atoms with Gasteiger partial charge in [-0.3, -0.25) is 4.90 Å². The lowest BCUT2D eigenvalue weighted by Crippen LogP contribution is -2.65. The fraction of sp³-hybridized carbons (Fsp3) is 0.278. The molecule has 1 fully saturated rings. The maximum absolute atomic E-state index is 6.40. The lowest BCUT2D eigenvalue weighted by molar-refractivity contribution is 0.0493. The van der Waals surface area contributed by atoms with Crippen molar-refractivity contribution in [2.75, 3.05) is 12.0 Å². The van der Waals surface area contributed by atoms with Gasteiger partial charge in [-0.25, -0.2) is 0 Å². The van der Waals surface area contributed by atoms with E-state index in [0.29, 0.717) is 5.11 Å². The molecule has 4 nitrogen and oxygen atoms in total. The van der Waals surface area contributed by atoms with Crippen LogP contribution in [0.25, 0.3) is 0 Å². The molecular formula is C18H17BrN2O2S. The molecule has 0 radical (unpaired) electrons. The smallest absolute Gasteiger partial charge is 0.188 e. The number of hydrogen-bond acceptors (Lipinski definition) is 3. The Bertz CT molecular complexity index is 828. The highest BCUT2D eigenvalue weighted by atomic mass is 79.9. The molecule has 0 amide bonds. The first-order valence-corrected chi connectivity index (χ1v) is 8.94. The Morgan fingerprint density at radius 2 is 2.12 bits per heavy atom. The topological polar surface area (TPSA) is 33.7 Å². The predicted octanol–water partition coefficient (Wildman–Crippen LogP) is 4.39. The maximum atomic E-state index is 6.40. The number of nitrogens with zero attached hydrogens (tertiary/aromatic N) is 1. The number of benzene rings is 2. The summed E-state index contributed by atoms with van der Waals surface area (Å²) in [5.41, 5.74) is 1.46. The van der Waals surface area contributed by atoms with E-state index in [-0.39, 0.29) is 6.04 Å². The van der Waals surface area contributed by atoms with Crippen molar-refractivity contribution < 1.29 is 9.47 Å². The third-order valence-electron chi connectivity index (χ3n) is 4.56. The van der Waals surface area contributed by atoms with Crippen molar-refractivity contribution in [3.63, 3.8) is 0 Å². The number of halogens is 1. The number of rotatable bonds is 2. The van der Waals surface area contributed by atoms with Crippen LogP contribution in [0.5, 0.6) is 11.5 Å². The van der Waals surface area contributed by atoms with Crippen LogP contribution in [-0.4, -0.2) is 17.9 Å². The minimum absolute atomic E-state index is 0.134. The van der Waals surface area contributed by atoms with Crippen molar-refractivity contribution in [3.05, 3.63) is 52.5 Å². The third kappa shape index (κ3) is 2.36. The van der Waals surface area contributed by atoms with Crippen LogP contribution in [0.15, 0.2) is 46.9 Å². The maximum Gasteiger partial charge on any atom is 0.188 e. The fourth-order valence-corrected chi connectivity index (χ4v) is 4.34. The van der Waals surface area contributed by atoms with Gasteiger partial charge in [0.25, 0.3) is 0 Å². The first-order chi connectivity index (χ1) is 11.5. The zero-order valence-corrected chi connectivity index (χ0v) is 15.8. The Kier molecular flexibility index (Phi) is 3.69. The van der Waals surface area contributed by atoms with Crippen LogP contribution < -0.4 is 19.7 Å². The molecule has 2 aromatic rings. The van der Waals surface area contributed by atoms with Crippen molar-refractivity contribution in [2.24, 2.45) is 0 Å². The van der Waals surface area contributed by atoms with Crippen molar-refractivity contribution in [2.45, 2.75) is 25.1 Å². The van der Waals surface area contributed by atoms with Gasteiger partial charge in [-0.2, -0.15) is 0 Å². The minimum atomic E-state index is -0.567. The SMILES string of the molecule is COc1ccccc1N1C(=S)N[C@H]2C[C@@]1(C)Oc1ccc(Br)cc12. The van der Waals surface area contributed by atoms with Gasteiger partial charge in [0.15, 0.2) is 10.8 Å². The van der Waals surface area contributed by atoms with Crippen LogP contribution in [-0.2, 0) is 0 Å². The summed E-state index contributed by atoms with van der Waals surface area (Å²) in [6.45, 7) is 2.07. The number of methoxy groups -OCH3 is 1. The van der Waals surface area contributed by atoms with Gasteiger partial charge in [0.1, 0.15) is 11.5 Å². The van der Waals surface area contributed by atoms with E-state index in [0.717, 1.165) is 33.6 Å². The van der Waals surface area contributed by atoms with E-state index in [9.17, 15) is 0 Å². The summed E-state index contributed by atoms with van der Waals surface area (Å²) in [5, 5.41) is 4.10. The van der Waals surface area contributed by atoms with Crippen LogP contribution in [0.3, 0.4) is 0 Å². The van der Waals surface area contributed by atoms with Gasteiger partial charge in [0.05, 0.1) is 18.8 Å². The summed E-state index contributed by atoms with van der Waals surface area (Å²) in [6.07, 6.45) is 0.786. The quantitative estimate of drug-likeness (QED) is 0.750. The molecule has 0 spiro atoms. The van der Waals surface area contributed by atoms with Crippen molar-refractivity contribution in [3.8, 4) is 11.5 Å². The summed E-state index contributed by atoms with van der Waals surface area (Å²) in [7, 11) is 1.67. The largest absolute Gasteiger partial charge is 0.495 e. The molecule has 0 aliphatic carbocycles. The molecule has 2 heterocycles. The Morgan fingerprint density at radius 1 is 1.33 bits per heavy atom. The Morgan fingerprint density at radius 3 is 2.92 bits per heavy atom. The van der Waals surface area contributed by atoms with Crippen molar-refractivity contribution in [1.29, 1.82) is 0 Å². The lowest BCUT2D eigenvalue weighted by atomic mass is 9.90. The van der Waals surface area contributed by atoms with Crippen molar-refractivity contribution >= 4 is 38.9 Å². The molecule has 124 valence electrons. The second kappa shape index (κ2) is 5.63. The Labute approximate surface area is 154 Å². The summed E-state index contributed by atoms with van der Waals surface area (Å²) >= 11 is 9.21. The second-order valence-electron chi connectivity index (χ2n) is 6.17. The molecule has 2 bridgehead atoms. The Balaban J connectivity index is 1.82. The number of anilines is 1. The average Bonchev–Trinajstić information content (AvgIpc) is 2.55. The zero-order valence-electron chi connectivity index (χ0n) is 13.4. The fourth-order valence-electron chi connectivity index (χ4n) is 3.52. The highest BCUT2D eigenvalue weighted by Gasteiger charge is 2.48. The molecule has 24 heavy (non-hydrogen) atoms. The first-order valence-electron chi connectivity index (χ1n) is 7.74. The van der Waals surface area contributed by atoms with Crippen LogP contribution >= 0.6 is 28.1 Å². The van der Waals surface area contributed by atoms with E-state index in [4.69, 9.17) is 21.7 Å². The minimum Gasteiger partial charge on any atom is -0.495 e. The molecule has 2 aliphatic heterocycles. The molecule has 4 rings (SSSR count). The van der Waals surface area contributed by atoms with Gasteiger partial charge in [-0.05, 0) is 49.5 Å². The highest BCUT2D eigenvalue weighted by molar-refractivity contribution is 9.10. The van der Waals surface area contributed by atoms with Crippen molar-refractivity contribution in [1.82, 2.24) is 5.32 Å². The molecule has 0 aromatic heterocycles. The number of para-hydroxylation sites is 2. The van der Waals surface area contributed by atoms with Gasteiger partial charge >= 0.3 is 0 Å². The monoisotopic (exact) mass is 404 g/mol. The second-order valence-corrected chi connectivity index (χ2v) is 7.48. The number of fused-ring (bicyclic) bond motifs is 4. The average molecular weight is 405 g/mol. The Hall–Kier alpha value is -1.79. The third-order valence-corrected chi connectivity index (χ3v) is 5.35. The first kappa shape index (κ1) is 15.7. The normalized spacial score (nSPS) is 24.7. The van der Waals surface area contributed by atoms with Crippen LogP contribution in [0, 0.1) is 0 Å². The molecule has 6 heteroatoms. The summed E-state index contributed by atoms with van der Waals surface area (Å²) < 4.78 is 13.0. The molecule has 2 aromatic carbocycles. The number of nitrogens with one attached hydrogen (secondary N) is 1. The summed E-state index contributed by atoms with van der Waals surface area (Å²) in [6, 6.07) is 14.1. The number of hydrogen-bond donors (Lipinski definition) is 1. The summed E-state index contributed by atoms with van der Waals surface area (Å²) in [5.74, 6) is 1.65.